The smallest absolute Gasteiger partial charge is 0.332 e. The van der Waals surface area contributed by atoms with Crippen LogP contribution >= 0.6 is 0 Å². The lowest BCUT2D eigenvalue weighted by atomic mass is 9.79. The number of para-hydroxylation sites is 2. The van der Waals surface area contributed by atoms with E-state index in [9.17, 15) is 14.4 Å². The fourth-order valence-electron chi connectivity index (χ4n) is 8.06. The van der Waals surface area contributed by atoms with Gasteiger partial charge in [0.1, 0.15) is 12.1 Å². The Hall–Kier alpha value is -4.43. The van der Waals surface area contributed by atoms with Crippen molar-refractivity contribution in [1.29, 1.82) is 0 Å². The van der Waals surface area contributed by atoms with Crippen molar-refractivity contribution in [2.24, 2.45) is 0 Å². The van der Waals surface area contributed by atoms with Gasteiger partial charge in [-0.15, -0.1) is 0 Å². The van der Waals surface area contributed by atoms with E-state index in [0.717, 1.165) is 46.1 Å². The summed E-state index contributed by atoms with van der Waals surface area (Å²) in [6.07, 6.45) is 1.94. The van der Waals surface area contributed by atoms with Gasteiger partial charge in [-0.25, -0.2) is 9.69 Å². The minimum Gasteiger partial charge on any atom is -0.356 e. The van der Waals surface area contributed by atoms with E-state index in [1.807, 2.05) is 49.4 Å². The van der Waals surface area contributed by atoms with Crippen LogP contribution in [0.15, 0.2) is 72.8 Å². The van der Waals surface area contributed by atoms with Crippen LogP contribution < -0.4 is 15.5 Å². The first-order valence-electron chi connectivity index (χ1n) is 15.4. The van der Waals surface area contributed by atoms with Gasteiger partial charge in [0, 0.05) is 40.1 Å². The van der Waals surface area contributed by atoms with Gasteiger partial charge in [0.05, 0.1) is 11.3 Å². The zero-order valence-electron chi connectivity index (χ0n) is 25.9. The topological polar surface area (TPSA) is 97.5 Å². The highest BCUT2D eigenvalue weighted by Gasteiger charge is 2.54. The van der Waals surface area contributed by atoms with Gasteiger partial charge >= 0.3 is 6.03 Å². The molecule has 0 saturated carbocycles. The minimum absolute atomic E-state index is 0.0538. The number of rotatable bonds is 4. The number of nitrogens with one attached hydrogen (secondary N) is 3. The van der Waals surface area contributed by atoms with Crippen LogP contribution in [-0.4, -0.2) is 50.9 Å². The Labute approximate surface area is 257 Å². The van der Waals surface area contributed by atoms with E-state index >= 15 is 0 Å². The number of nitrogens with zero attached hydrogens (tertiary/aromatic N) is 2. The number of anilines is 1. The lowest BCUT2D eigenvalue weighted by Crippen LogP contribution is -2.62. The summed E-state index contributed by atoms with van der Waals surface area (Å²) in [6, 6.07) is 21.4. The molecule has 7 rings (SSSR count). The van der Waals surface area contributed by atoms with E-state index < -0.39 is 18.1 Å². The quantitative estimate of drug-likeness (QED) is 0.255. The molecular formula is C36H39N5O3. The number of hydrogen-bond acceptors (Lipinski definition) is 4. The third-order valence-corrected chi connectivity index (χ3v) is 9.45. The molecule has 3 aliphatic heterocycles. The van der Waals surface area contributed by atoms with Crippen LogP contribution in [0.4, 0.5) is 10.5 Å². The van der Waals surface area contributed by atoms with Crippen molar-refractivity contribution in [3.05, 3.63) is 101 Å². The number of carbonyl (C=O) groups is 3. The van der Waals surface area contributed by atoms with E-state index in [2.05, 4.69) is 49.4 Å². The number of aryl methyl sites for hydroxylation is 1. The predicted octanol–water partition coefficient (Wildman–Crippen LogP) is 6.00. The number of aromatic nitrogens is 1. The van der Waals surface area contributed by atoms with E-state index in [0.29, 0.717) is 17.7 Å². The summed E-state index contributed by atoms with van der Waals surface area (Å²) in [5, 5.41) is 7.94. The Kier molecular flexibility index (Phi) is 6.48. The highest BCUT2D eigenvalue weighted by atomic mass is 16.2. The standard InChI is InChI=1S/C36H39N5O3/c1-21-12-6-7-13-23(21)31-30-26(24-14-8-10-16-27(24)38-30)18-29-33(43)41(34(44)40(29)31)28-17-11-9-15-25(28)32(42)37-22-19-35(2,3)39-36(4,5)20-22/h6-17,22,29,31,38-39H,18-20H2,1-5H3,(H,37,42). The fourth-order valence-corrected chi connectivity index (χ4v) is 8.06. The molecule has 0 spiro atoms. The van der Waals surface area contributed by atoms with Crippen LogP contribution in [0.3, 0.4) is 0 Å². The van der Waals surface area contributed by atoms with Crippen molar-refractivity contribution in [3.8, 4) is 0 Å². The summed E-state index contributed by atoms with van der Waals surface area (Å²) in [5.74, 6) is -0.592. The van der Waals surface area contributed by atoms with Gasteiger partial charge in [0.2, 0.25) is 0 Å². The summed E-state index contributed by atoms with van der Waals surface area (Å²) in [7, 11) is 0. The number of urea groups is 1. The highest BCUT2D eigenvalue weighted by Crippen LogP contribution is 2.46. The third-order valence-electron chi connectivity index (χ3n) is 9.45. The lowest BCUT2D eigenvalue weighted by Gasteiger charge is -2.46. The molecule has 44 heavy (non-hydrogen) atoms. The van der Waals surface area contributed by atoms with Gasteiger partial charge in [0.15, 0.2) is 0 Å². The Morgan fingerprint density at radius 2 is 1.55 bits per heavy atom. The summed E-state index contributed by atoms with van der Waals surface area (Å²) in [5.41, 5.74) is 5.33. The monoisotopic (exact) mass is 589 g/mol. The molecule has 3 aliphatic rings. The van der Waals surface area contributed by atoms with E-state index in [-0.39, 0.29) is 28.9 Å². The van der Waals surface area contributed by atoms with Crippen LogP contribution in [-0.2, 0) is 11.2 Å². The molecule has 0 radical (unpaired) electrons. The molecule has 4 aromatic rings. The van der Waals surface area contributed by atoms with Gasteiger partial charge in [-0.3, -0.25) is 14.5 Å². The second-order valence-corrected chi connectivity index (χ2v) is 13.9. The van der Waals surface area contributed by atoms with Crippen LogP contribution in [0.25, 0.3) is 10.9 Å². The Morgan fingerprint density at radius 1 is 0.886 bits per heavy atom. The Balaban J connectivity index is 1.27. The average Bonchev–Trinajstić information content (AvgIpc) is 3.45. The number of fused-ring (bicyclic) bond motifs is 4. The van der Waals surface area contributed by atoms with E-state index in [4.69, 9.17) is 0 Å². The molecule has 0 bridgehead atoms. The molecule has 3 N–H and O–H groups in total. The van der Waals surface area contributed by atoms with Gasteiger partial charge in [-0.2, -0.15) is 0 Å². The molecule has 8 nitrogen and oxygen atoms in total. The molecule has 0 aliphatic carbocycles. The SMILES string of the molecule is Cc1ccccc1C1c2[nH]c3ccccc3c2CC2C(=O)N(c3ccccc3C(=O)NC3CC(C)(C)NC(C)(C)C3)C(=O)N21. The maximum Gasteiger partial charge on any atom is 0.332 e. The minimum atomic E-state index is -0.694. The summed E-state index contributed by atoms with van der Waals surface area (Å²) >= 11 is 0. The number of benzene rings is 3. The molecule has 8 heteroatoms. The first-order valence-corrected chi connectivity index (χ1v) is 15.4. The van der Waals surface area contributed by atoms with Crippen molar-refractivity contribution >= 4 is 34.4 Å². The second kappa shape index (κ2) is 10.1. The van der Waals surface area contributed by atoms with Crippen molar-refractivity contribution in [3.63, 3.8) is 0 Å². The average molecular weight is 590 g/mol. The molecule has 2 saturated heterocycles. The molecule has 226 valence electrons. The van der Waals surface area contributed by atoms with Gasteiger partial charge in [-0.05, 0) is 82.3 Å². The van der Waals surface area contributed by atoms with Gasteiger partial charge in [0.25, 0.3) is 11.8 Å². The number of carbonyl (C=O) groups excluding carboxylic acids is 3. The third kappa shape index (κ3) is 4.59. The molecule has 2 atom stereocenters. The van der Waals surface area contributed by atoms with Gasteiger partial charge in [-0.1, -0.05) is 54.6 Å². The fraction of sp³-hybridized carbons (Fsp3) is 0.361. The van der Waals surface area contributed by atoms with Crippen LogP contribution in [0.5, 0.6) is 0 Å². The van der Waals surface area contributed by atoms with Crippen molar-refractivity contribution in [2.75, 3.05) is 4.90 Å². The van der Waals surface area contributed by atoms with Gasteiger partial charge < -0.3 is 15.6 Å². The maximum atomic E-state index is 14.5. The summed E-state index contributed by atoms with van der Waals surface area (Å²) in [6.45, 7) is 10.6. The first-order chi connectivity index (χ1) is 20.9. The summed E-state index contributed by atoms with van der Waals surface area (Å²) in [4.78, 5) is 49.2. The van der Waals surface area contributed by atoms with Crippen molar-refractivity contribution in [1.82, 2.24) is 20.5 Å². The summed E-state index contributed by atoms with van der Waals surface area (Å²) < 4.78 is 0. The molecule has 2 unspecified atom stereocenters. The normalized spacial score (nSPS) is 22.7. The Bertz CT molecular complexity index is 1810. The predicted molar refractivity (Wildman–Crippen MR) is 172 cm³/mol. The molecule has 4 amide bonds. The number of piperidine rings is 1. The number of hydrogen-bond donors (Lipinski definition) is 3. The number of amides is 4. The molecule has 3 aromatic carbocycles. The number of imide groups is 1. The number of aromatic amines is 1. The Morgan fingerprint density at radius 3 is 2.30 bits per heavy atom. The van der Waals surface area contributed by atoms with Crippen LogP contribution in [0.2, 0.25) is 0 Å². The largest absolute Gasteiger partial charge is 0.356 e. The molecule has 2 fully saturated rings. The lowest BCUT2D eigenvalue weighted by molar-refractivity contribution is -0.120. The number of H-pyrrole nitrogens is 1. The first kappa shape index (κ1) is 28.3. The molecule has 1 aromatic heterocycles. The van der Waals surface area contributed by atoms with Crippen molar-refractivity contribution < 1.29 is 14.4 Å². The van der Waals surface area contributed by atoms with Crippen molar-refractivity contribution in [2.45, 2.75) is 83.1 Å². The van der Waals surface area contributed by atoms with Crippen LogP contribution in [0.1, 0.15) is 79.3 Å². The second-order valence-electron chi connectivity index (χ2n) is 13.9. The zero-order chi connectivity index (χ0) is 31.0. The molecule has 4 heterocycles. The maximum absolute atomic E-state index is 14.5. The highest BCUT2D eigenvalue weighted by molar-refractivity contribution is 6.24. The van der Waals surface area contributed by atoms with E-state index in [1.165, 1.54) is 4.90 Å². The van der Waals surface area contributed by atoms with E-state index in [1.54, 1.807) is 29.2 Å². The van der Waals surface area contributed by atoms with Crippen LogP contribution in [0, 0.1) is 6.92 Å². The zero-order valence-corrected chi connectivity index (χ0v) is 25.9. The molecular weight excluding hydrogens is 550 g/mol.